The summed E-state index contributed by atoms with van der Waals surface area (Å²) < 4.78 is 1.23. The van der Waals surface area contributed by atoms with Gasteiger partial charge >= 0.3 is 5.97 Å². The minimum absolute atomic E-state index is 0.194. The van der Waals surface area contributed by atoms with Crippen LogP contribution in [-0.2, 0) is 16.1 Å². The zero-order valence-corrected chi connectivity index (χ0v) is 12.5. The highest BCUT2D eigenvalue weighted by molar-refractivity contribution is 5.84. The van der Waals surface area contributed by atoms with Crippen molar-refractivity contribution in [3.05, 3.63) is 40.9 Å². The predicted octanol–water partition coefficient (Wildman–Crippen LogP) is 0.862. The van der Waals surface area contributed by atoms with Crippen LogP contribution in [0.1, 0.15) is 19.3 Å². The Balaban J connectivity index is 1.86. The fourth-order valence-electron chi connectivity index (χ4n) is 2.94. The quantitative estimate of drug-likeness (QED) is 0.907. The van der Waals surface area contributed by atoms with Gasteiger partial charge in [0.05, 0.1) is 17.2 Å². The monoisotopic (exact) mass is 315 g/mol. The number of carboxylic acids is 1. The summed E-state index contributed by atoms with van der Waals surface area (Å²) in [5, 5.41) is 9.69. The van der Waals surface area contributed by atoms with Crippen LogP contribution in [0.4, 0.5) is 0 Å². The van der Waals surface area contributed by atoms with Crippen LogP contribution < -0.4 is 5.56 Å². The lowest BCUT2D eigenvalue weighted by molar-refractivity contribution is -0.152. The van der Waals surface area contributed by atoms with Crippen molar-refractivity contribution in [1.29, 1.82) is 0 Å². The van der Waals surface area contributed by atoms with Gasteiger partial charge in [-0.15, -0.1) is 0 Å². The molecule has 7 heteroatoms. The molecule has 1 N–H and O–H groups in total. The lowest BCUT2D eigenvalue weighted by atomic mass is 10.0. The minimum Gasteiger partial charge on any atom is -0.480 e. The molecule has 3 rings (SSSR count). The largest absolute Gasteiger partial charge is 0.480 e. The Morgan fingerprint density at radius 2 is 2.04 bits per heavy atom. The third kappa shape index (κ3) is 2.94. The number of amides is 1. The van der Waals surface area contributed by atoms with E-state index in [0.717, 1.165) is 12.8 Å². The van der Waals surface area contributed by atoms with Gasteiger partial charge in [-0.2, -0.15) is 0 Å². The Morgan fingerprint density at radius 1 is 1.26 bits per heavy atom. The van der Waals surface area contributed by atoms with E-state index in [1.165, 1.54) is 15.8 Å². The average Bonchev–Trinajstić information content (AvgIpc) is 2.57. The van der Waals surface area contributed by atoms with Crippen LogP contribution in [0.2, 0.25) is 0 Å². The molecule has 0 unspecified atom stereocenters. The van der Waals surface area contributed by atoms with Crippen molar-refractivity contribution in [2.45, 2.75) is 31.8 Å². The SMILES string of the molecule is O=C(O)[C@H]1CCCCN1C(=O)Cn1cnc2ccccc2c1=O. The summed E-state index contributed by atoms with van der Waals surface area (Å²) in [5.74, 6) is -1.36. The van der Waals surface area contributed by atoms with E-state index in [2.05, 4.69) is 4.98 Å². The highest BCUT2D eigenvalue weighted by atomic mass is 16.4. The van der Waals surface area contributed by atoms with Gasteiger partial charge in [0, 0.05) is 6.54 Å². The number of piperidine rings is 1. The summed E-state index contributed by atoms with van der Waals surface area (Å²) in [4.78, 5) is 41.7. The average molecular weight is 315 g/mol. The summed E-state index contributed by atoms with van der Waals surface area (Å²) in [6.45, 7) is 0.214. The van der Waals surface area contributed by atoms with Gasteiger partial charge in [0.1, 0.15) is 12.6 Å². The number of hydrogen-bond donors (Lipinski definition) is 1. The van der Waals surface area contributed by atoms with Gasteiger partial charge in [-0.3, -0.25) is 14.2 Å². The van der Waals surface area contributed by atoms with E-state index in [0.29, 0.717) is 23.9 Å². The molecule has 0 bridgehead atoms. The molecule has 0 aliphatic carbocycles. The summed E-state index contributed by atoms with van der Waals surface area (Å²) in [5.41, 5.74) is 0.274. The number of carbonyl (C=O) groups excluding carboxylic acids is 1. The smallest absolute Gasteiger partial charge is 0.326 e. The normalized spacial score (nSPS) is 18.1. The third-order valence-corrected chi connectivity index (χ3v) is 4.15. The Morgan fingerprint density at radius 3 is 2.83 bits per heavy atom. The number of para-hydroxylation sites is 1. The maximum atomic E-state index is 12.4. The lowest BCUT2D eigenvalue weighted by Gasteiger charge is -2.33. The first kappa shape index (κ1) is 15.2. The summed E-state index contributed by atoms with van der Waals surface area (Å²) in [6, 6.07) is 6.11. The molecule has 1 aliphatic heterocycles. The molecule has 1 saturated heterocycles. The molecular weight excluding hydrogens is 298 g/mol. The maximum Gasteiger partial charge on any atom is 0.326 e. The molecule has 0 spiro atoms. The number of aromatic nitrogens is 2. The molecule has 2 heterocycles. The molecule has 1 aliphatic rings. The second kappa shape index (κ2) is 6.20. The van der Waals surface area contributed by atoms with Gasteiger partial charge in [0.2, 0.25) is 5.91 Å². The maximum absolute atomic E-state index is 12.4. The van der Waals surface area contributed by atoms with E-state index in [4.69, 9.17) is 0 Å². The minimum atomic E-state index is -0.998. The number of carbonyl (C=O) groups is 2. The molecule has 0 radical (unpaired) electrons. The molecular formula is C16H17N3O4. The van der Waals surface area contributed by atoms with Crippen LogP contribution >= 0.6 is 0 Å². The summed E-state index contributed by atoms with van der Waals surface area (Å²) in [7, 11) is 0. The number of nitrogens with zero attached hydrogens (tertiary/aromatic N) is 3. The first-order valence-corrected chi connectivity index (χ1v) is 7.54. The van der Waals surface area contributed by atoms with Crippen molar-refractivity contribution in [3.63, 3.8) is 0 Å². The summed E-state index contributed by atoms with van der Waals surface area (Å²) >= 11 is 0. The van der Waals surface area contributed by atoms with E-state index in [1.807, 2.05) is 0 Å². The van der Waals surface area contributed by atoms with Crippen molar-refractivity contribution in [2.24, 2.45) is 0 Å². The fourth-order valence-corrected chi connectivity index (χ4v) is 2.94. The van der Waals surface area contributed by atoms with Crippen LogP contribution in [-0.4, -0.2) is 44.0 Å². The lowest BCUT2D eigenvalue weighted by Crippen LogP contribution is -2.49. The number of aliphatic carboxylic acids is 1. The molecule has 1 fully saturated rings. The zero-order valence-electron chi connectivity index (χ0n) is 12.5. The highest BCUT2D eigenvalue weighted by Gasteiger charge is 2.31. The molecule has 0 saturated carbocycles. The second-order valence-corrected chi connectivity index (χ2v) is 5.63. The first-order valence-electron chi connectivity index (χ1n) is 7.54. The fraction of sp³-hybridized carbons (Fsp3) is 0.375. The van der Waals surface area contributed by atoms with Crippen LogP contribution in [0.3, 0.4) is 0 Å². The molecule has 7 nitrogen and oxygen atoms in total. The topological polar surface area (TPSA) is 92.5 Å². The Labute approximate surface area is 132 Å². The summed E-state index contributed by atoms with van der Waals surface area (Å²) in [6.07, 6.45) is 3.35. The van der Waals surface area contributed by atoms with Crippen LogP contribution in [0.15, 0.2) is 35.4 Å². The van der Waals surface area contributed by atoms with E-state index in [1.54, 1.807) is 24.3 Å². The van der Waals surface area contributed by atoms with E-state index < -0.39 is 12.0 Å². The molecule has 23 heavy (non-hydrogen) atoms. The van der Waals surface area contributed by atoms with Crippen LogP contribution in [0.5, 0.6) is 0 Å². The van der Waals surface area contributed by atoms with Crippen molar-refractivity contribution in [1.82, 2.24) is 14.5 Å². The highest BCUT2D eigenvalue weighted by Crippen LogP contribution is 2.17. The van der Waals surface area contributed by atoms with E-state index in [9.17, 15) is 19.5 Å². The number of hydrogen-bond acceptors (Lipinski definition) is 4. The predicted molar refractivity (Wildman–Crippen MR) is 83.0 cm³/mol. The molecule has 1 amide bonds. The van der Waals surface area contributed by atoms with Gasteiger partial charge in [0.25, 0.3) is 5.56 Å². The number of likely N-dealkylation sites (tertiary alicyclic amines) is 1. The van der Waals surface area contributed by atoms with Gasteiger partial charge in [-0.25, -0.2) is 9.78 Å². The number of carboxylic acid groups (broad SMARTS) is 1. The van der Waals surface area contributed by atoms with Crippen LogP contribution in [0.25, 0.3) is 10.9 Å². The van der Waals surface area contributed by atoms with Crippen LogP contribution in [0, 0.1) is 0 Å². The Bertz CT molecular complexity index is 814. The molecule has 1 atom stereocenters. The molecule has 1 aromatic carbocycles. The van der Waals surface area contributed by atoms with Gasteiger partial charge in [0.15, 0.2) is 0 Å². The van der Waals surface area contributed by atoms with Crippen molar-refractivity contribution in [3.8, 4) is 0 Å². The molecule has 2 aromatic rings. The standard InChI is InChI=1S/C16H17N3O4/c20-14(19-8-4-3-7-13(19)16(22)23)9-18-10-17-12-6-2-1-5-11(12)15(18)21/h1-2,5-6,10,13H,3-4,7-9H2,(H,22,23)/t13-/m1/s1. The van der Waals surface area contributed by atoms with Gasteiger partial charge in [-0.1, -0.05) is 12.1 Å². The first-order chi connectivity index (χ1) is 11.1. The number of benzene rings is 1. The van der Waals surface area contributed by atoms with Gasteiger partial charge in [-0.05, 0) is 31.4 Å². The Kier molecular flexibility index (Phi) is 4.10. The second-order valence-electron chi connectivity index (χ2n) is 5.63. The van der Waals surface area contributed by atoms with E-state index >= 15 is 0 Å². The van der Waals surface area contributed by atoms with Crippen molar-refractivity contribution in [2.75, 3.05) is 6.54 Å². The molecule has 1 aromatic heterocycles. The van der Waals surface area contributed by atoms with Crippen molar-refractivity contribution >= 4 is 22.8 Å². The third-order valence-electron chi connectivity index (χ3n) is 4.15. The number of fused-ring (bicyclic) bond motifs is 1. The molecule has 120 valence electrons. The van der Waals surface area contributed by atoms with Gasteiger partial charge < -0.3 is 10.0 Å². The van der Waals surface area contributed by atoms with Crippen molar-refractivity contribution < 1.29 is 14.7 Å². The number of rotatable bonds is 3. The van der Waals surface area contributed by atoms with E-state index in [-0.39, 0.29) is 18.0 Å². The zero-order chi connectivity index (χ0) is 16.4. The Hall–Kier alpha value is -2.70.